The zero-order valence-corrected chi connectivity index (χ0v) is 20.8. The number of benzene rings is 1. The molecule has 172 valence electrons. The number of guanidine groups is 1. The second-order valence-electron chi connectivity index (χ2n) is 7.21. The fourth-order valence-electron chi connectivity index (χ4n) is 3.15. The van der Waals surface area contributed by atoms with Gasteiger partial charge in [0.05, 0.1) is 12.7 Å². The second-order valence-corrected chi connectivity index (χ2v) is 7.21. The van der Waals surface area contributed by atoms with Crippen LogP contribution >= 0.6 is 24.0 Å². The Morgan fingerprint density at radius 1 is 1.23 bits per heavy atom. The number of nitrogens with one attached hydrogen (secondary N) is 2. The number of hydrogen-bond acceptors (Lipinski definition) is 6. The predicted molar refractivity (Wildman–Crippen MR) is 132 cm³/mol. The van der Waals surface area contributed by atoms with E-state index in [-0.39, 0.29) is 30.1 Å². The molecule has 1 fully saturated rings. The third-order valence-electron chi connectivity index (χ3n) is 4.85. The zero-order chi connectivity index (χ0) is 21.0. The Labute approximate surface area is 201 Å². The van der Waals surface area contributed by atoms with Crippen molar-refractivity contribution >= 4 is 29.9 Å². The summed E-state index contributed by atoms with van der Waals surface area (Å²) in [5.41, 5.74) is 2.18. The van der Waals surface area contributed by atoms with Crippen molar-refractivity contribution in [1.82, 2.24) is 20.8 Å². The maximum absolute atomic E-state index is 5.78. The molecule has 2 aromatic rings. The van der Waals surface area contributed by atoms with Gasteiger partial charge in [-0.05, 0) is 43.9 Å². The molecule has 1 atom stereocenters. The minimum Gasteiger partial charge on any atom is -0.379 e. The summed E-state index contributed by atoms with van der Waals surface area (Å²) in [5.74, 6) is 2.14. The lowest BCUT2D eigenvalue weighted by Gasteiger charge is -2.12. The minimum absolute atomic E-state index is 0. The van der Waals surface area contributed by atoms with Gasteiger partial charge in [-0.15, -0.1) is 24.0 Å². The Kier molecular flexibility index (Phi) is 11.8. The molecule has 1 saturated heterocycles. The number of ether oxygens (including phenoxy) is 2. The van der Waals surface area contributed by atoms with Gasteiger partial charge in [-0.1, -0.05) is 24.2 Å². The average molecular weight is 543 g/mol. The van der Waals surface area contributed by atoms with E-state index in [4.69, 9.17) is 14.0 Å². The van der Waals surface area contributed by atoms with Gasteiger partial charge in [-0.25, -0.2) is 0 Å². The first kappa shape index (κ1) is 25.5. The van der Waals surface area contributed by atoms with Gasteiger partial charge in [-0.2, -0.15) is 4.98 Å². The first-order valence-electron chi connectivity index (χ1n) is 10.9. The number of aryl methyl sites for hydroxylation is 1. The van der Waals surface area contributed by atoms with Gasteiger partial charge >= 0.3 is 0 Å². The van der Waals surface area contributed by atoms with E-state index in [1.807, 2.05) is 19.1 Å². The molecule has 1 aromatic carbocycles. The van der Waals surface area contributed by atoms with Crippen molar-refractivity contribution in [3.8, 4) is 11.5 Å². The molecule has 31 heavy (non-hydrogen) atoms. The number of aromatic nitrogens is 2. The van der Waals surface area contributed by atoms with E-state index in [9.17, 15) is 0 Å². The summed E-state index contributed by atoms with van der Waals surface area (Å²) < 4.78 is 16.4. The van der Waals surface area contributed by atoms with Crippen LogP contribution in [0.15, 0.2) is 33.8 Å². The summed E-state index contributed by atoms with van der Waals surface area (Å²) in [6.45, 7) is 8.72. The van der Waals surface area contributed by atoms with Crippen molar-refractivity contribution in [3.05, 3.63) is 35.7 Å². The maximum Gasteiger partial charge on any atom is 0.257 e. The van der Waals surface area contributed by atoms with Crippen LogP contribution in [0.2, 0.25) is 0 Å². The van der Waals surface area contributed by atoms with Gasteiger partial charge in [0.25, 0.3) is 5.89 Å². The summed E-state index contributed by atoms with van der Waals surface area (Å²) >= 11 is 0. The molecule has 0 amide bonds. The van der Waals surface area contributed by atoms with Crippen LogP contribution in [-0.2, 0) is 22.3 Å². The van der Waals surface area contributed by atoms with Crippen molar-refractivity contribution in [3.63, 3.8) is 0 Å². The summed E-state index contributed by atoms with van der Waals surface area (Å²) in [7, 11) is 0. The molecule has 0 aliphatic carbocycles. The number of hydrogen-bond donors (Lipinski definition) is 2. The standard InChI is InChI=1S/C22H33N5O3.HI/c1-3-20-26-21(30-27-20)18-8-6-17(7-9-18)10-13-25-22(23-4-2)24-12-5-14-29-19-11-15-28-16-19;/h6-9,19H,3-5,10-16H2,1-2H3,(H2,23,24,25);1H. The molecular formula is C22H34IN5O3. The fourth-order valence-corrected chi connectivity index (χ4v) is 3.15. The fraction of sp³-hybridized carbons (Fsp3) is 0.591. The first-order chi connectivity index (χ1) is 14.8. The summed E-state index contributed by atoms with van der Waals surface area (Å²) in [5, 5.41) is 10.6. The van der Waals surface area contributed by atoms with Crippen molar-refractivity contribution in [2.45, 2.75) is 45.6 Å². The van der Waals surface area contributed by atoms with Crippen molar-refractivity contribution in [2.24, 2.45) is 4.99 Å². The van der Waals surface area contributed by atoms with Crippen molar-refractivity contribution in [2.75, 3.05) is 39.5 Å². The van der Waals surface area contributed by atoms with Crippen LogP contribution in [0.5, 0.6) is 0 Å². The normalized spacial score (nSPS) is 16.2. The molecule has 1 aliphatic rings. The van der Waals surface area contributed by atoms with E-state index < -0.39 is 0 Å². The SMILES string of the molecule is CCNC(=NCCCOC1CCOC1)NCCc1ccc(-c2nc(CC)no2)cc1.I. The Morgan fingerprint density at radius 2 is 2.06 bits per heavy atom. The summed E-state index contributed by atoms with van der Waals surface area (Å²) in [6.07, 6.45) is 3.85. The molecule has 0 radical (unpaired) electrons. The molecule has 0 saturated carbocycles. The molecule has 1 unspecified atom stereocenters. The molecule has 3 rings (SSSR count). The highest BCUT2D eigenvalue weighted by atomic mass is 127. The van der Waals surface area contributed by atoms with Crippen LogP contribution in [0.1, 0.15) is 38.1 Å². The van der Waals surface area contributed by atoms with Gasteiger partial charge in [0.2, 0.25) is 0 Å². The van der Waals surface area contributed by atoms with E-state index in [0.29, 0.717) is 5.89 Å². The third-order valence-corrected chi connectivity index (χ3v) is 4.85. The van der Waals surface area contributed by atoms with Crippen LogP contribution in [0.25, 0.3) is 11.5 Å². The quantitative estimate of drug-likeness (QED) is 0.195. The molecule has 1 aromatic heterocycles. The Hall–Kier alpha value is -1.72. The smallest absolute Gasteiger partial charge is 0.257 e. The monoisotopic (exact) mass is 543 g/mol. The zero-order valence-electron chi connectivity index (χ0n) is 18.4. The van der Waals surface area contributed by atoms with E-state index in [1.165, 1.54) is 5.56 Å². The lowest BCUT2D eigenvalue weighted by molar-refractivity contribution is 0.0424. The van der Waals surface area contributed by atoms with Crippen LogP contribution < -0.4 is 10.6 Å². The van der Waals surface area contributed by atoms with Crippen molar-refractivity contribution < 1.29 is 14.0 Å². The number of rotatable bonds is 11. The van der Waals surface area contributed by atoms with Crippen LogP contribution in [0, 0.1) is 0 Å². The lowest BCUT2D eigenvalue weighted by Crippen LogP contribution is -2.38. The molecule has 0 spiro atoms. The third kappa shape index (κ3) is 8.74. The van der Waals surface area contributed by atoms with Gasteiger partial charge < -0.3 is 24.6 Å². The highest BCUT2D eigenvalue weighted by Crippen LogP contribution is 2.18. The summed E-state index contributed by atoms with van der Waals surface area (Å²) in [4.78, 5) is 9.00. The Bertz CT molecular complexity index is 776. The molecule has 0 bridgehead atoms. The Balaban J connectivity index is 0.00000341. The van der Waals surface area contributed by atoms with Crippen molar-refractivity contribution in [1.29, 1.82) is 0 Å². The molecular weight excluding hydrogens is 509 g/mol. The first-order valence-corrected chi connectivity index (χ1v) is 10.9. The average Bonchev–Trinajstić information content (AvgIpc) is 3.46. The minimum atomic E-state index is 0. The topological polar surface area (TPSA) is 93.8 Å². The molecule has 2 heterocycles. The van der Waals surface area contributed by atoms with E-state index >= 15 is 0 Å². The van der Waals surface area contributed by atoms with Crippen LogP contribution in [0.4, 0.5) is 0 Å². The van der Waals surface area contributed by atoms with Crippen LogP contribution in [-0.4, -0.2) is 61.7 Å². The molecule has 8 nitrogen and oxygen atoms in total. The predicted octanol–water partition coefficient (Wildman–Crippen LogP) is 3.21. The maximum atomic E-state index is 5.78. The van der Waals surface area contributed by atoms with E-state index in [2.05, 4.69) is 44.8 Å². The highest BCUT2D eigenvalue weighted by molar-refractivity contribution is 14.0. The second kappa shape index (κ2) is 14.4. The number of aliphatic imine (C=N–C) groups is 1. The largest absolute Gasteiger partial charge is 0.379 e. The highest BCUT2D eigenvalue weighted by Gasteiger charge is 2.15. The summed E-state index contributed by atoms with van der Waals surface area (Å²) in [6, 6.07) is 8.25. The molecule has 9 heteroatoms. The van der Waals surface area contributed by atoms with E-state index in [1.54, 1.807) is 0 Å². The van der Waals surface area contributed by atoms with Crippen LogP contribution in [0.3, 0.4) is 0 Å². The van der Waals surface area contributed by atoms with Gasteiger partial charge in [0, 0.05) is 44.8 Å². The number of nitrogens with zero attached hydrogens (tertiary/aromatic N) is 3. The van der Waals surface area contributed by atoms with Gasteiger partial charge in [-0.3, -0.25) is 4.99 Å². The van der Waals surface area contributed by atoms with Gasteiger partial charge in [0.1, 0.15) is 0 Å². The molecule has 1 aliphatic heterocycles. The molecule has 2 N–H and O–H groups in total. The van der Waals surface area contributed by atoms with E-state index in [0.717, 1.165) is 82.5 Å². The van der Waals surface area contributed by atoms with Gasteiger partial charge in [0.15, 0.2) is 11.8 Å². The number of halogens is 1. The lowest BCUT2D eigenvalue weighted by atomic mass is 10.1. The Morgan fingerprint density at radius 3 is 2.74 bits per heavy atom.